The molecule has 94 valence electrons. The standard InChI is InChI=1S/C11H7BrFNO3S/c12-10-5-4-7(18-10)6-17-11-8(13)2-1-3-9(11)14(15)16/h1-5H,6H2. The molecule has 0 fully saturated rings. The Kier molecular flexibility index (Phi) is 3.93. The number of thiophene rings is 1. The molecule has 0 saturated carbocycles. The normalized spacial score (nSPS) is 10.3. The van der Waals surface area contributed by atoms with Crippen LogP contribution in [0.15, 0.2) is 34.1 Å². The van der Waals surface area contributed by atoms with E-state index in [4.69, 9.17) is 4.74 Å². The number of nitro benzene ring substituents is 1. The summed E-state index contributed by atoms with van der Waals surface area (Å²) in [5, 5.41) is 10.7. The molecule has 7 heteroatoms. The summed E-state index contributed by atoms with van der Waals surface area (Å²) < 4.78 is 19.6. The number of para-hydroxylation sites is 1. The van der Waals surface area contributed by atoms with Crippen molar-refractivity contribution in [2.24, 2.45) is 0 Å². The van der Waals surface area contributed by atoms with E-state index >= 15 is 0 Å². The molecule has 18 heavy (non-hydrogen) atoms. The first kappa shape index (κ1) is 13.0. The summed E-state index contributed by atoms with van der Waals surface area (Å²) in [5.41, 5.74) is -0.370. The van der Waals surface area contributed by atoms with Crippen LogP contribution in [0.2, 0.25) is 0 Å². The largest absolute Gasteiger partial charge is 0.479 e. The van der Waals surface area contributed by atoms with Crippen molar-refractivity contribution in [2.75, 3.05) is 0 Å². The van der Waals surface area contributed by atoms with E-state index in [2.05, 4.69) is 15.9 Å². The molecular weight excluding hydrogens is 325 g/mol. The van der Waals surface area contributed by atoms with Gasteiger partial charge in [-0.2, -0.15) is 0 Å². The van der Waals surface area contributed by atoms with E-state index < -0.39 is 10.7 Å². The molecular formula is C11H7BrFNO3S. The number of benzene rings is 1. The number of nitro groups is 1. The highest BCUT2D eigenvalue weighted by molar-refractivity contribution is 9.11. The molecule has 0 amide bonds. The van der Waals surface area contributed by atoms with Gasteiger partial charge in [0.25, 0.3) is 0 Å². The lowest BCUT2D eigenvalue weighted by molar-refractivity contribution is -0.386. The van der Waals surface area contributed by atoms with Crippen molar-refractivity contribution in [1.29, 1.82) is 0 Å². The van der Waals surface area contributed by atoms with Crippen LogP contribution in [0.4, 0.5) is 10.1 Å². The number of halogens is 2. The number of hydrogen-bond donors (Lipinski definition) is 0. The van der Waals surface area contributed by atoms with Crippen LogP contribution >= 0.6 is 27.3 Å². The Morgan fingerprint density at radius 1 is 1.39 bits per heavy atom. The molecule has 2 aromatic rings. The summed E-state index contributed by atoms with van der Waals surface area (Å²) >= 11 is 4.72. The van der Waals surface area contributed by atoms with Crippen molar-refractivity contribution in [2.45, 2.75) is 6.61 Å². The first-order valence-corrected chi connectivity index (χ1v) is 6.49. The zero-order valence-corrected chi connectivity index (χ0v) is 11.3. The summed E-state index contributed by atoms with van der Waals surface area (Å²) in [4.78, 5) is 10.9. The molecule has 1 aromatic carbocycles. The predicted molar refractivity (Wildman–Crippen MR) is 69.4 cm³/mol. The highest BCUT2D eigenvalue weighted by atomic mass is 79.9. The maximum atomic E-state index is 13.5. The first-order chi connectivity index (χ1) is 8.58. The molecule has 0 spiro atoms. The fraction of sp³-hybridized carbons (Fsp3) is 0.0909. The van der Waals surface area contributed by atoms with E-state index in [0.29, 0.717) is 0 Å². The third kappa shape index (κ3) is 2.85. The molecule has 0 atom stereocenters. The van der Waals surface area contributed by atoms with Crippen LogP contribution in [0.1, 0.15) is 4.88 Å². The molecule has 1 heterocycles. The summed E-state index contributed by atoms with van der Waals surface area (Å²) in [6, 6.07) is 7.26. The van der Waals surface area contributed by atoms with Crippen molar-refractivity contribution >= 4 is 33.0 Å². The maximum absolute atomic E-state index is 13.5. The van der Waals surface area contributed by atoms with E-state index in [1.165, 1.54) is 23.5 Å². The molecule has 1 aromatic heterocycles. The molecule has 0 aliphatic heterocycles. The van der Waals surface area contributed by atoms with Gasteiger partial charge >= 0.3 is 5.69 Å². The number of rotatable bonds is 4. The molecule has 0 unspecified atom stereocenters. The van der Waals surface area contributed by atoms with E-state index in [-0.39, 0.29) is 18.0 Å². The second-order valence-electron chi connectivity index (χ2n) is 3.34. The van der Waals surface area contributed by atoms with Crippen molar-refractivity contribution in [3.8, 4) is 5.75 Å². The van der Waals surface area contributed by atoms with Crippen LogP contribution < -0.4 is 4.74 Å². The Morgan fingerprint density at radius 2 is 2.17 bits per heavy atom. The minimum atomic E-state index is -0.736. The zero-order valence-electron chi connectivity index (χ0n) is 8.93. The van der Waals surface area contributed by atoms with Crippen molar-refractivity contribution in [1.82, 2.24) is 0 Å². The van der Waals surface area contributed by atoms with E-state index in [0.717, 1.165) is 14.7 Å². The van der Waals surface area contributed by atoms with E-state index in [1.807, 2.05) is 6.07 Å². The van der Waals surface area contributed by atoms with Gasteiger partial charge in [0.2, 0.25) is 5.75 Å². The summed E-state index contributed by atoms with van der Waals surface area (Å²) in [7, 11) is 0. The molecule has 0 bridgehead atoms. The predicted octanol–water partition coefficient (Wildman–Crippen LogP) is 4.14. The Bertz CT molecular complexity index is 587. The summed E-state index contributed by atoms with van der Waals surface area (Å²) in [6.45, 7) is 0.0953. The second-order valence-corrected chi connectivity index (χ2v) is 5.89. The van der Waals surface area contributed by atoms with Gasteiger partial charge < -0.3 is 4.74 Å². The highest BCUT2D eigenvalue weighted by Gasteiger charge is 2.19. The highest BCUT2D eigenvalue weighted by Crippen LogP contribution is 2.31. The molecule has 0 aliphatic rings. The SMILES string of the molecule is O=[N+]([O-])c1cccc(F)c1OCc1ccc(Br)s1. The second kappa shape index (κ2) is 5.45. The summed E-state index contributed by atoms with van der Waals surface area (Å²) in [5.74, 6) is -1.06. The van der Waals surface area contributed by atoms with Gasteiger partial charge in [-0.05, 0) is 34.1 Å². The van der Waals surface area contributed by atoms with Crippen LogP contribution in [0.5, 0.6) is 5.75 Å². The average molecular weight is 332 g/mol. The Balaban J connectivity index is 2.20. The number of nitrogens with zero attached hydrogens (tertiary/aromatic N) is 1. The van der Waals surface area contributed by atoms with Gasteiger partial charge in [-0.25, -0.2) is 4.39 Å². The minimum absolute atomic E-state index is 0.0953. The van der Waals surface area contributed by atoms with Gasteiger partial charge in [0.05, 0.1) is 8.71 Å². The van der Waals surface area contributed by atoms with Crippen LogP contribution in [0, 0.1) is 15.9 Å². The quantitative estimate of drug-likeness (QED) is 0.625. The lowest BCUT2D eigenvalue weighted by atomic mass is 10.3. The molecule has 0 N–H and O–H groups in total. The van der Waals surface area contributed by atoms with Gasteiger partial charge in [-0.1, -0.05) is 6.07 Å². The smallest absolute Gasteiger partial charge is 0.314 e. The first-order valence-electron chi connectivity index (χ1n) is 4.88. The molecule has 4 nitrogen and oxygen atoms in total. The molecule has 0 aliphatic carbocycles. The molecule has 0 radical (unpaired) electrons. The number of ether oxygens (including phenoxy) is 1. The Labute approximate surface area is 114 Å². The zero-order chi connectivity index (χ0) is 13.1. The lowest BCUT2D eigenvalue weighted by Gasteiger charge is -2.06. The molecule has 0 saturated heterocycles. The number of hydrogen-bond acceptors (Lipinski definition) is 4. The van der Waals surface area contributed by atoms with Crippen molar-refractivity contribution < 1.29 is 14.1 Å². The minimum Gasteiger partial charge on any atom is -0.479 e. The van der Waals surface area contributed by atoms with Gasteiger partial charge in [0, 0.05) is 10.9 Å². The summed E-state index contributed by atoms with van der Waals surface area (Å²) in [6.07, 6.45) is 0. The van der Waals surface area contributed by atoms with E-state index in [1.54, 1.807) is 6.07 Å². The van der Waals surface area contributed by atoms with Gasteiger partial charge in [-0.3, -0.25) is 10.1 Å². The lowest BCUT2D eigenvalue weighted by Crippen LogP contribution is -2.00. The average Bonchev–Trinajstić information content (AvgIpc) is 2.73. The van der Waals surface area contributed by atoms with Gasteiger partial charge in [-0.15, -0.1) is 11.3 Å². The van der Waals surface area contributed by atoms with Crippen LogP contribution in [-0.4, -0.2) is 4.92 Å². The topological polar surface area (TPSA) is 52.4 Å². The maximum Gasteiger partial charge on any atom is 0.314 e. The van der Waals surface area contributed by atoms with Gasteiger partial charge in [0.15, 0.2) is 5.82 Å². The van der Waals surface area contributed by atoms with Crippen molar-refractivity contribution in [3.05, 3.63) is 54.9 Å². The molecule has 2 rings (SSSR count). The van der Waals surface area contributed by atoms with E-state index in [9.17, 15) is 14.5 Å². The fourth-order valence-corrected chi connectivity index (χ4v) is 2.75. The van der Waals surface area contributed by atoms with Crippen LogP contribution in [0.3, 0.4) is 0 Å². The Morgan fingerprint density at radius 3 is 2.78 bits per heavy atom. The fourth-order valence-electron chi connectivity index (χ4n) is 1.36. The third-order valence-corrected chi connectivity index (χ3v) is 3.73. The van der Waals surface area contributed by atoms with Gasteiger partial charge in [0.1, 0.15) is 6.61 Å². The third-order valence-electron chi connectivity index (χ3n) is 2.13. The monoisotopic (exact) mass is 331 g/mol. The Hall–Kier alpha value is -1.47. The van der Waals surface area contributed by atoms with Crippen LogP contribution in [0.25, 0.3) is 0 Å². The van der Waals surface area contributed by atoms with Crippen LogP contribution in [-0.2, 0) is 6.61 Å². The van der Waals surface area contributed by atoms with Crippen molar-refractivity contribution in [3.63, 3.8) is 0 Å².